The summed E-state index contributed by atoms with van der Waals surface area (Å²) in [5, 5.41) is 0. The van der Waals surface area contributed by atoms with Crippen molar-refractivity contribution in [3.8, 4) is 0 Å². The summed E-state index contributed by atoms with van der Waals surface area (Å²) in [5.74, 6) is 0.646. The average molecular weight is 177 g/mol. The standard InChI is InChI=1S/C6H9BrO/c7-6-2-1-5(6)3-4-8/h4-6H,1-3H2. The van der Waals surface area contributed by atoms with Crippen molar-refractivity contribution in [2.45, 2.75) is 24.1 Å². The predicted octanol–water partition coefficient (Wildman–Crippen LogP) is 1.75. The third kappa shape index (κ3) is 1.10. The van der Waals surface area contributed by atoms with Crippen molar-refractivity contribution in [1.29, 1.82) is 0 Å². The van der Waals surface area contributed by atoms with Crippen molar-refractivity contribution >= 4 is 22.2 Å². The monoisotopic (exact) mass is 176 g/mol. The Balaban J connectivity index is 2.16. The van der Waals surface area contributed by atoms with E-state index in [2.05, 4.69) is 15.9 Å². The molecule has 1 aliphatic rings. The van der Waals surface area contributed by atoms with Gasteiger partial charge in [-0.1, -0.05) is 15.9 Å². The predicted molar refractivity (Wildman–Crippen MR) is 36.1 cm³/mol. The van der Waals surface area contributed by atoms with Gasteiger partial charge in [0.25, 0.3) is 0 Å². The lowest BCUT2D eigenvalue weighted by atomic mass is 9.83. The molecule has 0 aromatic carbocycles. The first-order valence-corrected chi connectivity index (χ1v) is 3.84. The maximum absolute atomic E-state index is 9.93. The Morgan fingerprint density at radius 2 is 2.38 bits per heavy atom. The molecule has 8 heavy (non-hydrogen) atoms. The van der Waals surface area contributed by atoms with E-state index in [1.165, 1.54) is 12.8 Å². The highest BCUT2D eigenvalue weighted by molar-refractivity contribution is 9.09. The number of rotatable bonds is 2. The Morgan fingerprint density at radius 3 is 2.50 bits per heavy atom. The molecule has 2 heteroatoms. The molecule has 2 unspecified atom stereocenters. The van der Waals surface area contributed by atoms with Crippen LogP contribution in [0.2, 0.25) is 0 Å². The van der Waals surface area contributed by atoms with E-state index < -0.39 is 0 Å². The van der Waals surface area contributed by atoms with E-state index in [1.54, 1.807) is 0 Å². The molecule has 0 bridgehead atoms. The summed E-state index contributed by atoms with van der Waals surface area (Å²) >= 11 is 3.47. The van der Waals surface area contributed by atoms with Crippen LogP contribution in [-0.2, 0) is 4.79 Å². The van der Waals surface area contributed by atoms with E-state index in [4.69, 9.17) is 0 Å². The van der Waals surface area contributed by atoms with Gasteiger partial charge in [-0.3, -0.25) is 0 Å². The number of alkyl halides is 1. The number of carbonyl (C=O) groups excluding carboxylic acids is 1. The fourth-order valence-corrected chi connectivity index (χ4v) is 1.66. The number of hydrogen-bond acceptors (Lipinski definition) is 1. The SMILES string of the molecule is O=CCC1CCC1Br. The fraction of sp³-hybridized carbons (Fsp3) is 0.833. The molecule has 0 aliphatic heterocycles. The minimum atomic E-state index is 0.632. The lowest BCUT2D eigenvalue weighted by Gasteiger charge is -2.30. The van der Waals surface area contributed by atoms with E-state index in [1.807, 2.05) is 0 Å². The van der Waals surface area contributed by atoms with Crippen LogP contribution in [0.5, 0.6) is 0 Å². The lowest BCUT2D eigenvalue weighted by molar-refractivity contribution is -0.109. The van der Waals surface area contributed by atoms with Crippen LogP contribution in [0.15, 0.2) is 0 Å². The van der Waals surface area contributed by atoms with Crippen LogP contribution in [0.3, 0.4) is 0 Å². The molecule has 1 nitrogen and oxygen atoms in total. The molecule has 46 valence electrons. The zero-order valence-corrected chi connectivity index (χ0v) is 6.23. The quantitative estimate of drug-likeness (QED) is 0.463. The molecule has 0 spiro atoms. The van der Waals surface area contributed by atoms with Gasteiger partial charge in [-0.05, 0) is 18.8 Å². The minimum Gasteiger partial charge on any atom is -0.303 e. The van der Waals surface area contributed by atoms with Crippen molar-refractivity contribution < 1.29 is 4.79 Å². The van der Waals surface area contributed by atoms with Crippen LogP contribution in [-0.4, -0.2) is 11.1 Å². The Hall–Kier alpha value is 0.150. The van der Waals surface area contributed by atoms with Gasteiger partial charge in [0.15, 0.2) is 0 Å². The van der Waals surface area contributed by atoms with Crippen LogP contribution in [0.1, 0.15) is 19.3 Å². The molecule has 1 saturated carbocycles. The molecule has 0 heterocycles. The molecule has 1 rings (SSSR count). The highest BCUT2D eigenvalue weighted by Crippen LogP contribution is 2.35. The highest BCUT2D eigenvalue weighted by atomic mass is 79.9. The third-order valence-corrected chi connectivity index (χ3v) is 2.93. The summed E-state index contributed by atoms with van der Waals surface area (Å²) in [5.41, 5.74) is 0. The van der Waals surface area contributed by atoms with Crippen molar-refractivity contribution in [1.82, 2.24) is 0 Å². The highest BCUT2D eigenvalue weighted by Gasteiger charge is 2.27. The van der Waals surface area contributed by atoms with Crippen LogP contribution < -0.4 is 0 Å². The molecule has 2 atom stereocenters. The van der Waals surface area contributed by atoms with Crippen LogP contribution in [0, 0.1) is 5.92 Å². The molecule has 0 aromatic rings. The summed E-state index contributed by atoms with van der Waals surface area (Å²) in [6.45, 7) is 0. The number of aldehydes is 1. The minimum absolute atomic E-state index is 0.632. The van der Waals surface area contributed by atoms with Crippen LogP contribution in [0.4, 0.5) is 0 Å². The van der Waals surface area contributed by atoms with Crippen LogP contribution in [0.25, 0.3) is 0 Å². The second-order valence-electron chi connectivity index (χ2n) is 2.26. The summed E-state index contributed by atoms with van der Waals surface area (Å²) < 4.78 is 0. The van der Waals surface area contributed by atoms with Gasteiger partial charge in [0, 0.05) is 11.2 Å². The molecule has 0 aromatic heterocycles. The molecule has 0 radical (unpaired) electrons. The van der Waals surface area contributed by atoms with E-state index in [0.29, 0.717) is 10.7 Å². The fourth-order valence-electron chi connectivity index (χ4n) is 0.917. The van der Waals surface area contributed by atoms with Crippen molar-refractivity contribution in [3.63, 3.8) is 0 Å². The largest absolute Gasteiger partial charge is 0.303 e. The molecule has 0 amide bonds. The van der Waals surface area contributed by atoms with Gasteiger partial charge >= 0.3 is 0 Å². The first-order valence-electron chi connectivity index (χ1n) is 2.92. The number of halogens is 1. The second kappa shape index (κ2) is 2.62. The van der Waals surface area contributed by atoms with E-state index in [0.717, 1.165) is 12.7 Å². The first-order chi connectivity index (χ1) is 3.84. The molecular formula is C6H9BrO. The Bertz CT molecular complexity index is 92.5. The molecule has 0 N–H and O–H groups in total. The molecular weight excluding hydrogens is 168 g/mol. The van der Waals surface area contributed by atoms with Crippen molar-refractivity contribution in [2.75, 3.05) is 0 Å². The summed E-state index contributed by atoms with van der Waals surface area (Å²) in [7, 11) is 0. The van der Waals surface area contributed by atoms with E-state index >= 15 is 0 Å². The van der Waals surface area contributed by atoms with Gasteiger partial charge in [0.1, 0.15) is 6.29 Å². The second-order valence-corrected chi connectivity index (χ2v) is 3.43. The normalized spacial score (nSPS) is 36.1. The van der Waals surface area contributed by atoms with Gasteiger partial charge in [-0.2, -0.15) is 0 Å². The van der Waals surface area contributed by atoms with Gasteiger partial charge in [0.05, 0.1) is 0 Å². The van der Waals surface area contributed by atoms with E-state index in [-0.39, 0.29) is 0 Å². The molecule has 1 aliphatic carbocycles. The zero-order chi connectivity index (χ0) is 5.98. The topological polar surface area (TPSA) is 17.1 Å². The summed E-state index contributed by atoms with van der Waals surface area (Å²) in [4.78, 5) is 10.6. The average Bonchev–Trinajstić information content (AvgIpc) is 1.79. The maximum Gasteiger partial charge on any atom is 0.120 e. The van der Waals surface area contributed by atoms with Crippen LogP contribution >= 0.6 is 15.9 Å². The maximum atomic E-state index is 9.93. The number of hydrogen-bond donors (Lipinski definition) is 0. The Labute approximate surface area is 57.6 Å². The summed E-state index contributed by atoms with van der Waals surface area (Å²) in [6.07, 6.45) is 4.24. The third-order valence-electron chi connectivity index (χ3n) is 1.72. The van der Waals surface area contributed by atoms with E-state index in [9.17, 15) is 4.79 Å². The van der Waals surface area contributed by atoms with Gasteiger partial charge in [-0.15, -0.1) is 0 Å². The van der Waals surface area contributed by atoms with Gasteiger partial charge < -0.3 is 4.79 Å². The summed E-state index contributed by atoms with van der Waals surface area (Å²) in [6, 6.07) is 0. The van der Waals surface area contributed by atoms with Gasteiger partial charge in [-0.25, -0.2) is 0 Å². The van der Waals surface area contributed by atoms with Crippen molar-refractivity contribution in [2.24, 2.45) is 5.92 Å². The number of carbonyl (C=O) groups is 1. The molecule has 0 saturated heterocycles. The van der Waals surface area contributed by atoms with Gasteiger partial charge in [0.2, 0.25) is 0 Å². The lowest BCUT2D eigenvalue weighted by Crippen LogP contribution is -2.25. The Morgan fingerprint density at radius 1 is 1.62 bits per heavy atom. The Kier molecular flexibility index (Phi) is 2.06. The smallest absolute Gasteiger partial charge is 0.120 e. The van der Waals surface area contributed by atoms with Crippen molar-refractivity contribution in [3.05, 3.63) is 0 Å². The zero-order valence-electron chi connectivity index (χ0n) is 4.64. The first kappa shape index (κ1) is 6.27. The molecule has 1 fully saturated rings.